The predicted octanol–water partition coefficient (Wildman–Crippen LogP) is -0.0860. The number of amides is 2. The van der Waals surface area contributed by atoms with E-state index < -0.39 is 5.60 Å². The van der Waals surface area contributed by atoms with Crippen molar-refractivity contribution in [3.63, 3.8) is 0 Å². The van der Waals surface area contributed by atoms with E-state index >= 15 is 0 Å². The molecular weight excluding hydrogens is 282 g/mol. The van der Waals surface area contributed by atoms with Gasteiger partial charge in [0.1, 0.15) is 0 Å². The van der Waals surface area contributed by atoms with Crippen molar-refractivity contribution in [1.29, 1.82) is 0 Å². The Balaban J connectivity index is 1.48. The Morgan fingerprint density at radius 3 is 2.32 bits per heavy atom. The lowest BCUT2D eigenvalue weighted by atomic mass is 9.84. The number of piperazine rings is 1. The van der Waals surface area contributed by atoms with E-state index in [9.17, 15) is 14.7 Å². The van der Waals surface area contributed by atoms with Gasteiger partial charge in [-0.05, 0) is 19.3 Å². The maximum absolute atomic E-state index is 12.3. The zero-order chi connectivity index (χ0) is 15.7. The van der Waals surface area contributed by atoms with Crippen molar-refractivity contribution < 1.29 is 14.7 Å². The first-order valence-corrected chi connectivity index (χ1v) is 8.46. The molecule has 22 heavy (non-hydrogen) atoms. The number of rotatable bonds is 3. The minimum Gasteiger partial charge on any atom is -0.387 e. The Morgan fingerprint density at radius 2 is 1.77 bits per heavy atom. The molecule has 1 unspecified atom stereocenters. The van der Waals surface area contributed by atoms with Gasteiger partial charge in [0.15, 0.2) is 0 Å². The quantitative estimate of drug-likeness (QED) is 0.792. The fraction of sp³-hybridized carbons (Fsp3) is 0.875. The van der Waals surface area contributed by atoms with E-state index in [1.54, 1.807) is 6.92 Å². The minimum absolute atomic E-state index is 0.122. The second kappa shape index (κ2) is 6.16. The monoisotopic (exact) mass is 309 g/mol. The lowest BCUT2D eigenvalue weighted by molar-refractivity contribution is -0.138. The van der Waals surface area contributed by atoms with Crippen molar-refractivity contribution in [2.45, 2.75) is 38.2 Å². The molecule has 2 aliphatic heterocycles. The molecule has 124 valence electrons. The molecule has 0 spiro atoms. The van der Waals surface area contributed by atoms with Crippen molar-refractivity contribution in [3.05, 3.63) is 0 Å². The molecule has 2 heterocycles. The summed E-state index contributed by atoms with van der Waals surface area (Å²) in [6.07, 6.45) is 3.86. The van der Waals surface area contributed by atoms with Crippen LogP contribution >= 0.6 is 0 Å². The highest BCUT2D eigenvalue weighted by Crippen LogP contribution is 2.31. The number of β-amino-alcohol motifs (C(OH)–C–C–N with tert-alkyl or cyclic N) is 1. The van der Waals surface area contributed by atoms with Crippen molar-refractivity contribution in [2.75, 3.05) is 45.8 Å². The number of hydrogen-bond donors (Lipinski definition) is 1. The second-order valence-corrected chi connectivity index (χ2v) is 7.14. The molecule has 1 atom stereocenters. The summed E-state index contributed by atoms with van der Waals surface area (Å²) in [5.74, 6) is 0.571. The Bertz CT molecular complexity index is 444. The van der Waals surface area contributed by atoms with Gasteiger partial charge in [0.2, 0.25) is 11.8 Å². The third-order valence-corrected chi connectivity index (χ3v) is 5.43. The molecule has 0 aromatic rings. The highest BCUT2D eigenvalue weighted by molar-refractivity contribution is 5.80. The first-order valence-electron chi connectivity index (χ1n) is 8.46. The first-order chi connectivity index (χ1) is 10.5. The lowest BCUT2D eigenvalue weighted by Crippen LogP contribution is -2.53. The van der Waals surface area contributed by atoms with Crippen LogP contribution in [-0.4, -0.2) is 83.0 Å². The summed E-state index contributed by atoms with van der Waals surface area (Å²) < 4.78 is 0. The Morgan fingerprint density at radius 1 is 1.09 bits per heavy atom. The predicted molar refractivity (Wildman–Crippen MR) is 82.2 cm³/mol. The molecule has 6 nitrogen and oxygen atoms in total. The van der Waals surface area contributed by atoms with E-state index in [1.807, 2.05) is 9.80 Å². The summed E-state index contributed by atoms with van der Waals surface area (Å²) in [7, 11) is 0. The van der Waals surface area contributed by atoms with Crippen LogP contribution in [0.1, 0.15) is 32.6 Å². The minimum atomic E-state index is -0.780. The van der Waals surface area contributed by atoms with Crippen LogP contribution in [-0.2, 0) is 9.59 Å². The van der Waals surface area contributed by atoms with Gasteiger partial charge in [-0.2, -0.15) is 0 Å². The van der Waals surface area contributed by atoms with E-state index in [4.69, 9.17) is 0 Å². The van der Waals surface area contributed by atoms with Crippen LogP contribution in [0.15, 0.2) is 0 Å². The fourth-order valence-electron chi connectivity index (χ4n) is 3.72. The third-order valence-electron chi connectivity index (χ3n) is 5.43. The third kappa shape index (κ3) is 3.27. The molecule has 3 aliphatic rings. The Hall–Kier alpha value is -1.14. The SMILES string of the molecule is CC(=O)N1CCN(CC2(O)CCN(C(=O)C3CCC3)C2)CC1. The van der Waals surface area contributed by atoms with Crippen molar-refractivity contribution in [2.24, 2.45) is 5.92 Å². The number of likely N-dealkylation sites (tertiary alicyclic amines) is 1. The van der Waals surface area contributed by atoms with Gasteiger partial charge in [0.25, 0.3) is 0 Å². The van der Waals surface area contributed by atoms with Gasteiger partial charge in [-0.3, -0.25) is 14.5 Å². The van der Waals surface area contributed by atoms with Gasteiger partial charge < -0.3 is 14.9 Å². The van der Waals surface area contributed by atoms with Crippen molar-refractivity contribution in [3.8, 4) is 0 Å². The van der Waals surface area contributed by atoms with E-state index in [0.29, 0.717) is 26.1 Å². The largest absolute Gasteiger partial charge is 0.387 e. The fourth-order valence-corrected chi connectivity index (χ4v) is 3.72. The molecule has 0 aromatic heterocycles. The standard InChI is InChI=1S/C16H27N3O3/c1-13(20)18-9-7-17(8-10-18)11-16(22)5-6-19(12-16)15(21)14-3-2-4-14/h14,22H,2-12H2,1H3. The lowest BCUT2D eigenvalue weighted by Gasteiger charge is -2.38. The molecule has 1 N–H and O–H groups in total. The van der Waals surface area contributed by atoms with E-state index in [2.05, 4.69) is 4.90 Å². The zero-order valence-corrected chi connectivity index (χ0v) is 13.5. The number of nitrogens with zero attached hydrogens (tertiary/aromatic N) is 3. The highest BCUT2D eigenvalue weighted by Gasteiger charge is 2.42. The van der Waals surface area contributed by atoms with Crippen LogP contribution in [0.5, 0.6) is 0 Å². The van der Waals surface area contributed by atoms with Gasteiger partial charge >= 0.3 is 0 Å². The summed E-state index contributed by atoms with van der Waals surface area (Å²) >= 11 is 0. The van der Waals surface area contributed by atoms with Crippen LogP contribution in [0.3, 0.4) is 0 Å². The molecule has 2 saturated heterocycles. The average molecular weight is 309 g/mol. The molecule has 6 heteroatoms. The van der Waals surface area contributed by atoms with Crippen LogP contribution < -0.4 is 0 Å². The molecule has 1 saturated carbocycles. The highest BCUT2D eigenvalue weighted by atomic mass is 16.3. The number of aliphatic hydroxyl groups is 1. The Labute approximate surface area is 132 Å². The van der Waals surface area contributed by atoms with Gasteiger partial charge in [-0.1, -0.05) is 6.42 Å². The van der Waals surface area contributed by atoms with Crippen LogP contribution in [0, 0.1) is 5.92 Å². The molecule has 0 aromatic carbocycles. The van der Waals surface area contributed by atoms with Crippen LogP contribution in [0.25, 0.3) is 0 Å². The summed E-state index contributed by atoms with van der Waals surface area (Å²) in [6, 6.07) is 0. The Kier molecular flexibility index (Phi) is 4.41. The molecular formula is C16H27N3O3. The van der Waals surface area contributed by atoms with Gasteiger partial charge in [0, 0.05) is 52.1 Å². The topological polar surface area (TPSA) is 64.1 Å². The van der Waals surface area contributed by atoms with Crippen molar-refractivity contribution >= 4 is 11.8 Å². The molecule has 3 rings (SSSR count). The van der Waals surface area contributed by atoms with Gasteiger partial charge in [0.05, 0.1) is 12.1 Å². The van der Waals surface area contributed by atoms with Crippen LogP contribution in [0.2, 0.25) is 0 Å². The van der Waals surface area contributed by atoms with E-state index in [1.165, 1.54) is 0 Å². The number of carbonyl (C=O) groups is 2. The summed E-state index contributed by atoms with van der Waals surface area (Å²) in [5, 5.41) is 10.8. The first kappa shape index (κ1) is 15.7. The number of carbonyl (C=O) groups excluding carboxylic acids is 2. The molecule has 0 radical (unpaired) electrons. The maximum Gasteiger partial charge on any atom is 0.225 e. The molecule has 3 fully saturated rings. The summed E-state index contributed by atoms with van der Waals surface area (Å²) in [4.78, 5) is 29.5. The molecule has 1 aliphatic carbocycles. The van der Waals surface area contributed by atoms with E-state index in [0.717, 1.165) is 45.4 Å². The summed E-state index contributed by atoms with van der Waals surface area (Å²) in [6.45, 7) is 6.43. The summed E-state index contributed by atoms with van der Waals surface area (Å²) in [5.41, 5.74) is -0.780. The van der Waals surface area contributed by atoms with Gasteiger partial charge in [-0.15, -0.1) is 0 Å². The maximum atomic E-state index is 12.3. The average Bonchev–Trinajstić information content (AvgIpc) is 2.79. The molecule has 0 bridgehead atoms. The number of hydrogen-bond acceptors (Lipinski definition) is 4. The van der Waals surface area contributed by atoms with Gasteiger partial charge in [-0.25, -0.2) is 0 Å². The normalized spacial score (nSPS) is 30.5. The van der Waals surface area contributed by atoms with E-state index in [-0.39, 0.29) is 17.7 Å². The smallest absolute Gasteiger partial charge is 0.225 e. The second-order valence-electron chi connectivity index (χ2n) is 7.14. The van der Waals surface area contributed by atoms with Crippen LogP contribution in [0.4, 0.5) is 0 Å². The zero-order valence-electron chi connectivity index (χ0n) is 13.5. The van der Waals surface area contributed by atoms with Crippen molar-refractivity contribution in [1.82, 2.24) is 14.7 Å². The molecule has 2 amide bonds.